The molecule has 22 heavy (non-hydrogen) atoms. The molecule has 0 aliphatic carbocycles. The Morgan fingerprint density at radius 1 is 1.23 bits per heavy atom. The van der Waals surface area contributed by atoms with Crippen LogP contribution in [0.15, 0.2) is 42.5 Å². The molecule has 2 rings (SSSR count). The van der Waals surface area contributed by atoms with Gasteiger partial charge in [0, 0.05) is 16.4 Å². The second kappa shape index (κ2) is 7.32. The van der Waals surface area contributed by atoms with E-state index in [-0.39, 0.29) is 11.9 Å². The molecule has 1 atom stereocenters. The lowest BCUT2D eigenvalue weighted by Crippen LogP contribution is -2.32. The highest BCUT2D eigenvalue weighted by Gasteiger charge is 2.14. The zero-order valence-corrected chi connectivity index (χ0v) is 13.9. The molecule has 0 heterocycles. The van der Waals surface area contributed by atoms with Gasteiger partial charge < -0.3 is 10.6 Å². The van der Waals surface area contributed by atoms with E-state index in [9.17, 15) is 4.79 Å². The maximum Gasteiger partial charge on any atom is 0.246 e. The van der Waals surface area contributed by atoms with Crippen molar-refractivity contribution < 1.29 is 4.79 Å². The summed E-state index contributed by atoms with van der Waals surface area (Å²) in [7, 11) is 0. The molecule has 116 valence electrons. The van der Waals surface area contributed by atoms with Crippen molar-refractivity contribution in [1.82, 2.24) is 0 Å². The summed E-state index contributed by atoms with van der Waals surface area (Å²) < 4.78 is 0. The van der Waals surface area contributed by atoms with Crippen LogP contribution in [-0.2, 0) is 11.2 Å². The van der Waals surface area contributed by atoms with E-state index < -0.39 is 0 Å². The van der Waals surface area contributed by atoms with Crippen molar-refractivity contribution in [2.75, 3.05) is 10.6 Å². The first-order valence-electron chi connectivity index (χ1n) is 7.42. The maximum atomic E-state index is 12.3. The summed E-state index contributed by atoms with van der Waals surface area (Å²) in [5, 5.41) is 6.79. The number of benzene rings is 2. The monoisotopic (exact) mass is 316 g/mol. The lowest BCUT2D eigenvalue weighted by Gasteiger charge is -2.17. The van der Waals surface area contributed by atoms with Gasteiger partial charge in [0.1, 0.15) is 6.04 Å². The molecule has 0 aromatic heterocycles. The summed E-state index contributed by atoms with van der Waals surface area (Å²) in [5.74, 6) is -0.0905. The van der Waals surface area contributed by atoms with Crippen molar-refractivity contribution in [3.05, 3.63) is 58.6 Å². The largest absolute Gasteiger partial charge is 0.374 e. The number of rotatable bonds is 5. The predicted molar refractivity (Wildman–Crippen MR) is 93.7 cm³/mol. The molecule has 0 spiro atoms. The van der Waals surface area contributed by atoms with E-state index in [4.69, 9.17) is 11.6 Å². The number of anilines is 2. The molecule has 1 unspecified atom stereocenters. The van der Waals surface area contributed by atoms with Crippen LogP contribution in [0.5, 0.6) is 0 Å². The lowest BCUT2D eigenvalue weighted by atomic mass is 10.1. The zero-order chi connectivity index (χ0) is 16.1. The Bertz CT molecular complexity index is 670. The van der Waals surface area contributed by atoms with Gasteiger partial charge in [-0.3, -0.25) is 4.79 Å². The van der Waals surface area contributed by atoms with Crippen LogP contribution in [0.1, 0.15) is 25.0 Å². The van der Waals surface area contributed by atoms with Gasteiger partial charge in [0.25, 0.3) is 0 Å². The van der Waals surface area contributed by atoms with Gasteiger partial charge in [-0.05, 0) is 55.7 Å². The third kappa shape index (κ3) is 4.01. The Hall–Kier alpha value is -2.00. The minimum Gasteiger partial charge on any atom is -0.374 e. The first-order chi connectivity index (χ1) is 10.5. The highest BCUT2D eigenvalue weighted by atomic mass is 35.5. The van der Waals surface area contributed by atoms with Crippen LogP contribution >= 0.6 is 11.6 Å². The second-order valence-corrected chi connectivity index (χ2v) is 5.73. The van der Waals surface area contributed by atoms with Crippen molar-refractivity contribution in [3.63, 3.8) is 0 Å². The molecule has 0 saturated heterocycles. The standard InChI is InChI=1S/C18H21ClN2O/c1-4-14-7-5-8-15(11-14)20-13(3)18(22)21-17-10-6-9-16(19)12(17)2/h5-11,13,20H,4H2,1-3H3,(H,21,22). The van der Waals surface area contributed by atoms with E-state index in [2.05, 4.69) is 29.7 Å². The number of hydrogen-bond donors (Lipinski definition) is 2. The van der Waals surface area contributed by atoms with Crippen molar-refractivity contribution in [2.45, 2.75) is 33.2 Å². The lowest BCUT2D eigenvalue weighted by molar-refractivity contribution is -0.116. The fourth-order valence-electron chi connectivity index (χ4n) is 2.18. The molecule has 0 bridgehead atoms. The molecular weight excluding hydrogens is 296 g/mol. The molecule has 0 saturated carbocycles. The number of nitrogens with one attached hydrogen (secondary N) is 2. The van der Waals surface area contributed by atoms with Gasteiger partial charge in [-0.15, -0.1) is 0 Å². The molecule has 0 fully saturated rings. The summed E-state index contributed by atoms with van der Waals surface area (Å²) in [4.78, 5) is 12.3. The number of carbonyl (C=O) groups excluding carboxylic acids is 1. The summed E-state index contributed by atoms with van der Waals surface area (Å²) in [5.41, 5.74) is 3.80. The second-order valence-electron chi connectivity index (χ2n) is 5.32. The van der Waals surface area contributed by atoms with Crippen LogP contribution in [0.2, 0.25) is 5.02 Å². The van der Waals surface area contributed by atoms with E-state index in [1.165, 1.54) is 5.56 Å². The van der Waals surface area contributed by atoms with Gasteiger partial charge in [-0.25, -0.2) is 0 Å². The zero-order valence-electron chi connectivity index (χ0n) is 13.1. The van der Waals surface area contributed by atoms with E-state index in [1.807, 2.05) is 44.2 Å². The molecule has 4 heteroatoms. The van der Waals surface area contributed by atoms with Gasteiger partial charge >= 0.3 is 0 Å². The Kier molecular flexibility index (Phi) is 5.45. The van der Waals surface area contributed by atoms with Crippen LogP contribution in [0, 0.1) is 6.92 Å². The van der Waals surface area contributed by atoms with E-state index in [1.54, 1.807) is 0 Å². The van der Waals surface area contributed by atoms with Crippen molar-refractivity contribution in [3.8, 4) is 0 Å². The van der Waals surface area contributed by atoms with E-state index >= 15 is 0 Å². The Labute approximate surface area is 136 Å². The van der Waals surface area contributed by atoms with Crippen LogP contribution in [-0.4, -0.2) is 11.9 Å². The quantitative estimate of drug-likeness (QED) is 0.843. The Balaban J connectivity index is 2.04. The highest BCUT2D eigenvalue weighted by Crippen LogP contribution is 2.23. The third-order valence-electron chi connectivity index (χ3n) is 3.64. The summed E-state index contributed by atoms with van der Waals surface area (Å²) in [6.45, 7) is 5.84. The fraction of sp³-hybridized carbons (Fsp3) is 0.278. The third-order valence-corrected chi connectivity index (χ3v) is 4.05. The maximum absolute atomic E-state index is 12.3. The number of hydrogen-bond acceptors (Lipinski definition) is 2. The fourth-order valence-corrected chi connectivity index (χ4v) is 2.35. The molecule has 2 aromatic carbocycles. The average Bonchev–Trinajstić information content (AvgIpc) is 2.52. The molecule has 2 N–H and O–H groups in total. The SMILES string of the molecule is CCc1cccc(NC(C)C(=O)Nc2cccc(Cl)c2C)c1. The average molecular weight is 317 g/mol. The molecule has 0 aliphatic heterocycles. The minimum atomic E-state index is -0.342. The van der Waals surface area contributed by atoms with E-state index in [0.29, 0.717) is 5.02 Å². The molecule has 0 aliphatic rings. The smallest absolute Gasteiger partial charge is 0.246 e. The number of aryl methyl sites for hydroxylation is 1. The van der Waals surface area contributed by atoms with Gasteiger partial charge in [0.15, 0.2) is 0 Å². The van der Waals surface area contributed by atoms with Gasteiger partial charge in [0.2, 0.25) is 5.91 Å². The van der Waals surface area contributed by atoms with Crippen molar-refractivity contribution in [1.29, 1.82) is 0 Å². The van der Waals surface area contributed by atoms with Gasteiger partial charge in [0.05, 0.1) is 0 Å². The molecule has 0 radical (unpaired) electrons. The minimum absolute atomic E-state index is 0.0905. The van der Waals surface area contributed by atoms with Crippen LogP contribution in [0.25, 0.3) is 0 Å². The number of halogens is 1. The predicted octanol–water partition coefficient (Wildman–Crippen LogP) is 4.65. The number of carbonyl (C=O) groups is 1. The number of amides is 1. The molecular formula is C18H21ClN2O. The molecule has 2 aromatic rings. The van der Waals surface area contributed by atoms with Crippen LogP contribution < -0.4 is 10.6 Å². The topological polar surface area (TPSA) is 41.1 Å². The Morgan fingerprint density at radius 2 is 1.95 bits per heavy atom. The first kappa shape index (κ1) is 16.4. The van der Waals surface area contributed by atoms with Gasteiger partial charge in [-0.1, -0.05) is 36.7 Å². The normalized spacial score (nSPS) is 11.8. The van der Waals surface area contributed by atoms with Crippen LogP contribution in [0.4, 0.5) is 11.4 Å². The van der Waals surface area contributed by atoms with Gasteiger partial charge in [-0.2, -0.15) is 0 Å². The summed E-state index contributed by atoms with van der Waals surface area (Å²) >= 11 is 6.07. The van der Waals surface area contributed by atoms with Crippen molar-refractivity contribution >= 4 is 28.9 Å². The van der Waals surface area contributed by atoms with Crippen molar-refractivity contribution in [2.24, 2.45) is 0 Å². The highest BCUT2D eigenvalue weighted by molar-refractivity contribution is 6.31. The summed E-state index contributed by atoms with van der Waals surface area (Å²) in [6, 6.07) is 13.2. The summed E-state index contributed by atoms with van der Waals surface area (Å²) in [6.07, 6.45) is 0.970. The van der Waals surface area contributed by atoms with Crippen LogP contribution in [0.3, 0.4) is 0 Å². The molecule has 1 amide bonds. The molecule has 3 nitrogen and oxygen atoms in total. The first-order valence-corrected chi connectivity index (χ1v) is 7.80. The Morgan fingerprint density at radius 3 is 2.68 bits per heavy atom. The van der Waals surface area contributed by atoms with E-state index in [0.717, 1.165) is 23.4 Å².